The molecule has 5 aromatic rings. The van der Waals surface area contributed by atoms with Crippen LogP contribution in [0.3, 0.4) is 0 Å². The zero-order valence-corrected chi connectivity index (χ0v) is 15.8. The summed E-state index contributed by atoms with van der Waals surface area (Å²) in [5.41, 5.74) is 6.16. The number of aryl methyl sites for hydroxylation is 2. The molecule has 134 valence electrons. The van der Waals surface area contributed by atoms with Crippen LogP contribution in [-0.2, 0) is 6.42 Å². The van der Waals surface area contributed by atoms with E-state index in [9.17, 15) is 0 Å². The van der Waals surface area contributed by atoms with E-state index in [1.165, 1.54) is 49.2 Å². The lowest BCUT2D eigenvalue weighted by Gasteiger charge is -2.15. The van der Waals surface area contributed by atoms with Crippen LogP contribution in [-0.4, -0.2) is 0 Å². The Bertz CT molecular complexity index is 1420. The minimum atomic E-state index is 1.02. The smallest absolute Gasteiger partial charge is 0.142 e. The highest BCUT2D eigenvalue weighted by Crippen LogP contribution is 2.43. The van der Waals surface area contributed by atoms with Gasteiger partial charge in [-0.25, -0.2) is 0 Å². The number of fused-ring (bicyclic) bond motifs is 6. The average molecular weight is 360 g/mol. The Hall–Kier alpha value is -3.32. The lowest BCUT2D eigenvalue weighted by atomic mass is 9.88. The van der Waals surface area contributed by atoms with Crippen molar-refractivity contribution in [2.24, 2.45) is 0 Å². The van der Waals surface area contributed by atoms with Crippen LogP contribution in [0.1, 0.15) is 23.3 Å². The van der Waals surface area contributed by atoms with Crippen LogP contribution >= 0.6 is 0 Å². The van der Waals surface area contributed by atoms with Crippen LogP contribution in [0.25, 0.3) is 49.7 Å². The molecule has 0 N–H and O–H groups in total. The molecular formula is C27H20O. The quantitative estimate of drug-likeness (QED) is 0.279. The van der Waals surface area contributed by atoms with Crippen LogP contribution in [0.2, 0.25) is 0 Å². The summed E-state index contributed by atoms with van der Waals surface area (Å²) in [7, 11) is 0. The van der Waals surface area contributed by atoms with Crippen molar-refractivity contribution < 1.29 is 4.42 Å². The van der Waals surface area contributed by atoms with Gasteiger partial charge in [0.15, 0.2) is 0 Å². The van der Waals surface area contributed by atoms with Crippen LogP contribution in [0.15, 0.2) is 77.2 Å². The molecule has 0 unspecified atom stereocenters. The molecular weight excluding hydrogens is 340 g/mol. The summed E-state index contributed by atoms with van der Waals surface area (Å²) in [5.74, 6) is 1.02. The largest absolute Gasteiger partial charge is 0.456 e. The number of hydrogen-bond acceptors (Lipinski definition) is 1. The third kappa shape index (κ3) is 2.07. The van der Waals surface area contributed by atoms with Crippen molar-refractivity contribution in [1.29, 1.82) is 0 Å². The second-order valence-electron chi connectivity index (χ2n) is 7.66. The van der Waals surface area contributed by atoms with Gasteiger partial charge in [0, 0.05) is 16.5 Å². The van der Waals surface area contributed by atoms with Gasteiger partial charge < -0.3 is 4.42 Å². The van der Waals surface area contributed by atoms with E-state index in [1.54, 1.807) is 0 Å². The van der Waals surface area contributed by atoms with Gasteiger partial charge in [-0.1, -0.05) is 72.8 Å². The Morgan fingerprint density at radius 1 is 0.714 bits per heavy atom. The minimum absolute atomic E-state index is 1.02. The molecule has 6 rings (SSSR count). The molecule has 0 aliphatic heterocycles. The van der Waals surface area contributed by atoms with E-state index in [0.29, 0.717) is 0 Å². The standard InChI is InChI=1S/C27H20O/c1-17-18-9-2-3-10-19(18)20-11-4-5-13-22(20)26(17)24-15-8-14-23-21-12-6-7-16-25(21)28-27(23)24/h2-5,7-11,13-16H,6,12H2,1H3. The zero-order chi connectivity index (χ0) is 18.7. The molecule has 1 aromatic heterocycles. The number of allylic oxidation sites excluding steroid dienone is 1. The van der Waals surface area contributed by atoms with E-state index in [0.717, 1.165) is 24.2 Å². The van der Waals surface area contributed by atoms with Crippen LogP contribution in [0.4, 0.5) is 0 Å². The van der Waals surface area contributed by atoms with Gasteiger partial charge in [-0.3, -0.25) is 0 Å². The Morgan fingerprint density at radius 2 is 1.39 bits per heavy atom. The predicted octanol–water partition coefficient (Wildman–Crippen LogP) is 7.67. The van der Waals surface area contributed by atoms with Gasteiger partial charge in [-0.05, 0) is 58.5 Å². The van der Waals surface area contributed by atoms with Crippen molar-refractivity contribution in [3.8, 4) is 11.1 Å². The van der Waals surface area contributed by atoms with Gasteiger partial charge in [0.05, 0.1) is 0 Å². The van der Waals surface area contributed by atoms with E-state index in [1.807, 2.05) is 0 Å². The summed E-state index contributed by atoms with van der Waals surface area (Å²) in [6.07, 6.45) is 6.48. The fraction of sp³-hybridized carbons (Fsp3) is 0.111. The van der Waals surface area contributed by atoms with Crippen molar-refractivity contribution in [3.63, 3.8) is 0 Å². The summed E-state index contributed by atoms with van der Waals surface area (Å²) < 4.78 is 6.41. The fourth-order valence-corrected chi connectivity index (χ4v) is 4.86. The number of rotatable bonds is 1. The second-order valence-corrected chi connectivity index (χ2v) is 7.66. The van der Waals surface area contributed by atoms with E-state index < -0.39 is 0 Å². The number of hydrogen-bond donors (Lipinski definition) is 0. The lowest BCUT2D eigenvalue weighted by Crippen LogP contribution is -1.91. The van der Waals surface area contributed by atoms with Crippen LogP contribution < -0.4 is 0 Å². The molecule has 28 heavy (non-hydrogen) atoms. The zero-order valence-electron chi connectivity index (χ0n) is 15.8. The Balaban J connectivity index is 1.79. The Kier molecular flexibility index (Phi) is 3.28. The fourth-order valence-electron chi connectivity index (χ4n) is 4.86. The van der Waals surface area contributed by atoms with Crippen molar-refractivity contribution in [3.05, 3.63) is 89.7 Å². The molecule has 0 amide bonds. The Labute approximate surface area is 163 Å². The van der Waals surface area contributed by atoms with E-state index in [4.69, 9.17) is 4.42 Å². The van der Waals surface area contributed by atoms with Gasteiger partial charge in [0.1, 0.15) is 11.3 Å². The van der Waals surface area contributed by atoms with Gasteiger partial charge in [-0.15, -0.1) is 0 Å². The molecule has 1 nitrogen and oxygen atoms in total. The molecule has 0 radical (unpaired) electrons. The van der Waals surface area contributed by atoms with Crippen molar-refractivity contribution in [2.75, 3.05) is 0 Å². The van der Waals surface area contributed by atoms with Crippen molar-refractivity contribution in [1.82, 2.24) is 0 Å². The van der Waals surface area contributed by atoms with Crippen LogP contribution in [0.5, 0.6) is 0 Å². The third-order valence-corrected chi connectivity index (χ3v) is 6.14. The summed E-state index contributed by atoms with van der Waals surface area (Å²) >= 11 is 0. The molecule has 0 saturated heterocycles. The number of para-hydroxylation sites is 1. The third-order valence-electron chi connectivity index (χ3n) is 6.14. The first-order valence-corrected chi connectivity index (χ1v) is 9.94. The van der Waals surface area contributed by atoms with Gasteiger partial charge in [0.2, 0.25) is 0 Å². The maximum atomic E-state index is 6.41. The number of benzene rings is 4. The highest BCUT2D eigenvalue weighted by Gasteiger charge is 2.20. The summed E-state index contributed by atoms with van der Waals surface area (Å²) in [4.78, 5) is 0. The van der Waals surface area contributed by atoms with Crippen LogP contribution in [0, 0.1) is 6.92 Å². The summed E-state index contributed by atoms with van der Waals surface area (Å²) in [6.45, 7) is 2.24. The number of furan rings is 1. The molecule has 0 atom stereocenters. The summed E-state index contributed by atoms with van der Waals surface area (Å²) in [5, 5.41) is 6.47. The maximum Gasteiger partial charge on any atom is 0.142 e. The van der Waals surface area contributed by atoms with Crippen molar-refractivity contribution >= 4 is 38.6 Å². The molecule has 1 aliphatic rings. The minimum Gasteiger partial charge on any atom is -0.456 e. The first-order chi connectivity index (χ1) is 13.8. The van der Waals surface area contributed by atoms with Gasteiger partial charge >= 0.3 is 0 Å². The first kappa shape index (κ1) is 15.7. The Morgan fingerprint density at radius 3 is 2.21 bits per heavy atom. The first-order valence-electron chi connectivity index (χ1n) is 9.94. The van der Waals surface area contributed by atoms with Gasteiger partial charge in [-0.2, -0.15) is 0 Å². The van der Waals surface area contributed by atoms with E-state index >= 15 is 0 Å². The second kappa shape index (κ2) is 5.84. The molecule has 0 spiro atoms. The molecule has 1 heterocycles. The predicted molar refractivity (Wildman–Crippen MR) is 119 cm³/mol. The average Bonchev–Trinajstić information content (AvgIpc) is 3.14. The molecule has 1 aliphatic carbocycles. The van der Waals surface area contributed by atoms with Crippen molar-refractivity contribution in [2.45, 2.75) is 19.8 Å². The lowest BCUT2D eigenvalue weighted by molar-refractivity contribution is 0.596. The summed E-state index contributed by atoms with van der Waals surface area (Å²) in [6, 6.07) is 24.1. The molecule has 0 bridgehead atoms. The molecule has 4 aromatic carbocycles. The monoisotopic (exact) mass is 360 g/mol. The van der Waals surface area contributed by atoms with Gasteiger partial charge in [0.25, 0.3) is 0 Å². The molecule has 1 heteroatoms. The highest BCUT2D eigenvalue weighted by atomic mass is 16.3. The maximum absolute atomic E-state index is 6.41. The van der Waals surface area contributed by atoms with E-state index in [2.05, 4.69) is 85.8 Å². The molecule has 0 saturated carbocycles. The van der Waals surface area contributed by atoms with E-state index in [-0.39, 0.29) is 0 Å². The topological polar surface area (TPSA) is 13.1 Å². The SMILES string of the molecule is Cc1c(-c2cccc3c4c(oc23)C=CCC4)c2ccccc2c2ccccc12. The molecule has 0 fully saturated rings. The highest BCUT2D eigenvalue weighted by molar-refractivity contribution is 6.17. The normalized spacial score (nSPS) is 13.5.